The van der Waals surface area contributed by atoms with E-state index < -0.39 is 6.16 Å². The number of hydrogen-bond donors (Lipinski definition) is 1. The minimum Gasteiger partial charge on any atom is -0.437 e. The Hall–Kier alpha value is -2.15. The van der Waals surface area contributed by atoms with Crippen LogP contribution in [0.5, 0.6) is 5.75 Å². The van der Waals surface area contributed by atoms with Crippen molar-refractivity contribution in [2.24, 2.45) is 5.92 Å². The van der Waals surface area contributed by atoms with Crippen LogP contribution in [0.3, 0.4) is 0 Å². The van der Waals surface area contributed by atoms with Crippen molar-refractivity contribution >= 4 is 11.8 Å². The zero-order valence-electron chi connectivity index (χ0n) is 14.1. The highest BCUT2D eigenvalue weighted by atomic mass is 16.7. The molecule has 0 spiro atoms. The zero-order chi connectivity index (χ0) is 16.8. The van der Waals surface area contributed by atoms with E-state index in [4.69, 9.17) is 10.5 Å². The average molecular weight is 315 g/mol. The van der Waals surface area contributed by atoms with Gasteiger partial charge in [0.1, 0.15) is 5.75 Å². The molecule has 0 radical (unpaired) electrons. The van der Waals surface area contributed by atoms with Crippen molar-refractivity contribution in [3.8, 4) is 17.6 Å². The van der Waals surface area contributed by atoms with Gasteiger partial charge in [0.05, 0.1) is 12.8 Å². The zero-order valence-corrected chi connectivity index (χ0v) is 14.1. The maximum absolute atomic E-state index is 11.5. The van der Waals surface area contributed by atoms with Gasteiger partial charge in [-0.2, -0.15) is 0 Å². The first kappa shape index (κ1) is 17.2. The third kappa shape index (κ3) is 4.66. The number of ether oxygens (including phenoxy) is 2. The molecule has 0 aliphatic heterocycles. The molecule has 1 aliphatic rings. The summed E-state index contributed by atoms with van der Waals surface area (Å²) in [7, 11) is 1.30. The highest BCUT2D eigenvalue weighted by Gasteiger charge is 2.23. The molecule has 1 aromatic carbocycles. The van der Waals surface area contributed by atoms with E-state index in [0.29, 0.717) is 23.3 Å². The molecule has 0 saturated heterocycles. The van der Waals surface area contributed by atoms with Gasteiger partial charge in [-0.25, -0.2) is 4.79 Å². The Morgan fingerprint density at radius 1 is 1.35 bits per heavy atom. The highest BCUT2D eigenvalue weighted by Crippen LogP contribution is 2.40. The van der Waals surface area contributed by atoms with Gasteiger partial charge in [-0.1, -0.05) is 38.5 Å². The van der Waals surface area contributed by atoms with Crippen LogP contribution >= 0.6 is 0 Å². The third-order valence-electron chi connectivity index (χ3n) is 4.07. The molecule has 1 saturated carbocycles. The summed E-state index contributed by atoms with van der Waals surface area (Å²) in [5.41, 5.74) is 8.44. The minimum atomic E-state index is -0.720. The maximum atomic E-state index is 11.5. The molecule has 0 atom stereocenters. The van der Waals surface area contributed by atoms with E-state index in [-0.39, 0.29) is 0 Å². The number of nitrogens with two attached hydrogens (primary N) is 1. The molecule has 0 amide bonds. The molecule has 23 heavy (non-hydrogen) atoms. The van der Waals surface area contributed by atoms with E-state index >= 15 is 0 Å². The third-order valence-corrected chi connectivity index (χ3v) is 4.07. The van der Waals surface area contributed by atoms with Crippen LogP contribution < -0.4 is 10.5 Å². The number of carbonyl (C=O) groups is 1. The predicted octanol–water partition coefficient (Wildman–Crippen LogP) is 4.47. The van der Waals surface area contributed by atoms with Crippen LogP contribution in [0.4, 0.5) is 10.5 Å². The lowest BCUT2D eigenvalue weighted by atomic mass is 9.94. The molecule has 0 unspecified atom stereocenters. The van der Waals surface area contributed by atoms with E-state index in [9.17, 15) is 4.79 Å². The number of nitrogen functional groups attached to an aromatic ring is 1. The summed E-state index contributed by atoms with van der Waals surface area (Å²) < 4.78 is 9.90. The largest absolute Gasteiger partial charge is 0.513 e. The summed E-state index contributed by atoms with van der Waals surface area (Å²) in [4.78, 5) is 11.5. The van der Waals surface area contributed by atoms with Crippen molar-refractivity contribution in [1.82, 2.24) is 0 Å². The molecule has 4 heteroatoms. The van der Waals surface area contributed by atoms with Gasteiger partial charge in [0.2, 0.25) is 0 Å². The maximum Gasteiger partial charge on any atom is 0.513 e. The van der Waals surface area contributed by atoms with Crippen molar-refractivity contribution in [2.75, 3.05) is 12.8 Å². The second-order valence-corrected chi connectivity index (χ2v) is 6.41. The lowest BCUT2D eigenvalue weighted by molar-refractivity contribution is 0.121. The van der Waals surface area contributed by atoms with Gasteiger partial charge in [-0.15, -0.1) is 0 Å². The summed E-state index contributed by atoms with van der Waals surface area (Å²) in [6.45, 7) is 4.27. The molecule has 0 aromatic heterocycles. The van der Waals surface area contributed by atoms with Crippen LogP contribution in [-0.4, -0.2) is 13.3 Å². The Balaban J connectivity index is 2.36. The molecule has 1 aromatic rings. The average Bonchev–Trinajstić information content (AvgIpc) is 3.03. The summed E-state index contributed by atoms with van der Waals surface area (Å²) in [5, 5.41) is 0. The van der Waals surface area contributed by atoms with Crippen LogP contribution in [0, 0.1) is 17.8 Å². The molecule has 0 bridgehead atoms. The molecular formula is C19H25NO3. The van der Waals surface area contributed by atoms with E-state index in [1.807, 2.05) is 6.07 Å². The van der Waals surface area contributed by atoms with Gasteiger partial charge >= 0.3 is 6.16 Å². The molecule has 124 valence electrons. The first-order valence-electron chi connectivity index (χ1n) is 8.19. The van der Waals surface area contributed by atoms with Crippen LogP contribution in [0.25, 0.3) is 0 Å². The number of benzene rings is 1. The van der Waals surface area contributed by atoms with Gasteiger partial charge in [0.15, 0.2) is 0 Å². The highest BCUT2D eigenvalue weighted by molar-refractivity contribution is 5.68. The molecule has 0 heterocycles. The second-order valence-electron chi connectivity index (χ2n) is 6.41. The second kappa shape index (κ2) is 7.92. The summed E-state index contributed by atoms with van der Waals surface area (Å²) in [5.74, 6) is 7.74. The Morgan fingerprint density at radius 2 is 2.04 bits per heavy atom. The fourth-order valence-electron chi connectivity index (χ4n) is 2.85. The standard InChI is InChI=1S/C19H25NO3/c1-13(2)7-6-10-15-11-16(14-8-4-5-9-14)18(12-17(15)20)23-19(21)22-3/h11-14H,4-5,7-9,20H2,1-3H3. The fourth-order valence-corrected chi connectivity index (χ4v) is 2.85. The molecule has 4 nitrogen and oxygen atoms in total. The number of hydrogen-bond acceptors (Lipinski definition) is 4. The molecule has 1 aliphatic carbocycles. The van der Waals surface area contributed by atoms with Crippen molar-refractivity contribution in [3.63, 3.8) is 0 Å². The molecule has 2 N–H and O–H groups in total. The number of methoxy groups -OCH3 is 1. The number of rotatable bonds is 3. The van der Waals surface area contributed by atoms with E-state index in [1.165, 1.54) is 20.0 Å². The molecular weight excluding hydrogens is 290 g/mol. The summed E-state index contributed by atoms with van der Waals surface area (Å²) >= 11 is 0. The van der Waals surface area contributed by atoms with Gasteiger partial charge in [0, 0.05) is 18.1 Å². The molecule has 2 rings (SSSR count). The Kier molecular flexibility index (Phi) is 5.92. The minimum absolute atomic E-state index is 0.390. The smallest absolute Gasteiger partial charge is 0.437 e. The van der Waals surface area contributed by atoms with Crippen molar-refractivity contribution in [2.45, 2.75) is 51.9 Å². The van der Waals surface area contributed by atoms with E-state index in [0.717, 1.165) is 30.4 Å². The number of carbonyl (C=O) groups excluding carboxylic acids is 1. The van der Waals surface area contributed by atoms with Gasteiger partial charge in [0.25, 0.3) is 0 Å². The Bertz CT molecular complexity index is 619. The normalized spacial score (nSPS) is 14.4. The lowest BCUT2D eigenvalue weighted by Crippen LogP contribution is -2.11. The summed E-state index contributed by atoms with van der Waals surface area (Å²) in [6.07, 6.45) is 4.70. The van der Waals surface area contributed by atoms with E-state index in [1.54, 1.807) is 6.07 Å². The van der Waals surface area contributed by atoms with Crippen LogP contribution in [0.15, 0.2) is 12.1 Å². The monoisotopic (exact) mass is 315 g/mol. The van der Waals surface area contributed by atoms with Gasteiger partial charge < -0.3 is 15.2 Å². The fraction of sp³-hybridized carbons (Fsp3) is 0.526. The SMILES string of the molecule is COC(=O)Oc1cc(N)c(C#CCC(C)C)cc1C1CCCC1. The quantitative estimate of drug-likeness (QED) is 0.387. The van der Waals surface area contributed by atoms with Crippen LogP contribution in [-0.2, 0) is 4.74 Å². The van der Waals surface area contributed by atoms with Gasteiger partial charge in [-0.05, 0) is 36.3 Å². The predicted molar refractivity (Wildman–Crippen MR) is 91.4 cm³/mol. The van der Waals surface area contributed by atoms with Crippen LogP contribution in [0.2, 0.25) is 0 Å². The van der Waals surface area contributed by atoms with Crippen molar-refractivity contribution < 1.29 is 14.3 Å². The first-order chi connectivity index (χ1) is 11.0. The molecule has 1 fully saturated rings. The van der Waals surface area contributed by atoms with Crippen molar-refractivity contribution in [1.29, 1.82) is 0 Å². The lowest BCUT2D eigenvalue weighted by Gasteiger charge is -2.16. The van der Waals surface area contributed by atoms with Crippen molar-refractivity contribution in [3.05, 3.63) is 23.3 Å². The topological polar surface area (TPSA) is 61.5 Å². The van der Waals surface area contributed by atoms with Crippen LogP contribution in [0.1, 0.15) is 63.0 Å². The Morgan fingerprint density at radius 3 is 2.65 bits per heavy atom. The summed E-state index contributed by atoms with van der Waals surface area (Å²) in [6, 6.07) is 3.68. The number of anilines is 1. The van der Waals surface area contributed by atoms with Gasteiger partial charge in [-0.3, -0.25) is 0 Å². The first-order valence-corrected chi connectivity index (χ1v) is 8.19. The van der Waals surface area contributed by atoms with E-state index in [2.05, 4.69) is 30.4 Å². The Labute approximate surface area is 138 Å².